The summed E-state index contributed by atoms with van der Waals surface area (Å²) in [6.07, 6.45) is 2.63. The van der Waals surface area contributed by atoms with Gasteiger partial charge in [-0.3, -0.25) is 10.1 Å². The molecule has 1 aromatic rings. The Bertz CT molecular complexity index is 413. The maximum Gasteiger partial charge on any atom is 0.269 e. The molecule has 1 aliphatic heterocycles. The highest BCUT2D eigenvalue weighted by molar-refractivity contribution is 5.33. The minimum Gasteiger partial charge on any atom is -0.309 e. The molecule has 1 aliphatic rings. The normalized spacial score (nSPS) is 17.5. The first-order valence-electron chi connectivity index (χ1n) is 6.87. The summed E-state index contributed by atoms with van der Waals surface area (Å²) in [7, 11) is 0. The fourth-order valence-electron chi connectivity index (χ4n) is 2.45. The second kappa shape index (κ2) is 6.63. The minimum absolute atomic E-state index is 0.146. The van der Waals surface area contributed by atoms with Crippen molar-refractivity contribution in [2.24, 2.45) is 0 Å². The molecule has 2 rings (SSSR count). The Balaban J connectivity index is 1.78. The van der Waals surface area contributed by atoms with Gasteiger partial charge in [0.1, 0.15) is 0 Å². The lowest BCUT2D eigenvalue weighted by atomic mass is 10.1. The van der Waals surface area contributed by atoms with Gasteiger partial charge in [-0.2, -0.15) is 0 Å². The highest BCUT2D eigenvalue weighted by atomic mass is 16.6. The van der Waals surface area contributed by atoms with Gasteiger partial charge < -0.3 is 10.2 Å². The summed E-state index contributed by atoms with van der Waals surface area (Å²) in [6.45, 7) is 6.56. The molecule has 0 amide bonds. The van der Waals surface area contributed by atoms with E-state index in [1.54, 1.807) is 12.1 Å². The molecule has 1 N–H and O–H groups in total. The predicted molar refractivity (Wildman–Crippen MR) is 75.2 cm³/mol. The molecule has 0 spiro atoms. The monoisotopic (exact) mass is 263 g/mol. The van der Waals surface area contributed by atoms with E-state index < -0.39 is 0 Å². The fraction of sp³-hybridized carbons (Fsp3) is 0.571. The predicted octanol–water partition coefficient (Wildman–Crippen LogP) is 2.34. The molecule has 0 radical (unpaired) electrons. The number of benzene rings is 1. The topological polar surface area (TPSA) is 58.4 Å². The van der Waals surface area contributed by atoms with Crippen molar-refractivity contribution in [1.82, 2.24) is 10.2 Å². The van der Waals surface area contributed by atoms with E-state index in [1.807, 2.05) is 12.1 Å². The molecular weight excluding hydrogens is 242 g/mol. The molecular formula is C14H21N3O2. The summed E-state index contributed by atoms with van der Waals surface area (Å²) in [6, 6.07) is 7.00. The van der Waals surface area contributed by atoms with Gasteiger partial charge in [0.2, 0.25) is 0 Å². The van der Waals surface area contributed by atoms with Crippen molar-refractivity contribution in [3.63, 3.8) is 0 Å². The van der Waals surface area contributed by atoms with Crippen LogP contribution in [0.4, 0.5) is 5.69 Å². The van der Waals surface area contributed by atoms with Crippen molar-refractivity contribution in [3.8, 4) is 0 Å². The van der Waals surface area contributed by atoms with Crippen LogP contribution in [-0.2, 0) is 0 Å². The van der Waals surface area contributed by atoms with E-state index in [0.29, 0.717) is 0 Å². The van der Waals surface area contributed by atoms with Crippen molar-refractivity contribution in [3.05, 3.63) is 39.9 Å². The van der Waals surface area contributed by atoms with Crippen LogP contribution < -0.4 is 5.32 Å². The molecule has 0 aliphatic carbocycles. The molecule has 19 heavy (non-hydrogen) atoms. The minimum atomic E-state index is -0.366. The van der Waals surface area contributed by atoms with Gasteiger partial charge >= 0.3 is 0 Å². The number of nitrogens with zero attached hydrogens (tertiary/aromatic N) is 2. The number of nitrogens with one attached hydrogen (secondary N) is 1. The summed E-state index contributed by atoms with van der Waals surface area (Å²) < 4.78 is 0. The van der Waals surface area contributed by atoms with Crippen molar-refractivity contribution in [1.29, 1.82) is 0 Å². The maximum atomic E-state index is 10.6. The first kappa shape index (κ1) is 14.0. The highest BCUT2D eigenvalue weighted by Gasteiger charge is 2.12. The highest BCUT2D eigenvalue weighted by Crippen LogP contribution is 2.17. The van der Waals surface area contributed by atoms with E-state index in [9.17, 15) is 10.1 Å². The molecule has 1 unspecified atom stereocenters. The van der Waals surface area contributed by atoms with Crippen LogP contribution >= 0.6 is 0 Å². The van der Waals surface area contributed by atoms with Gasteiger partial charge in [-0.05, 0) is 38.4 Å². The summed E-state index contributed by atoms with van der Waals surface area (Å²) in [5.41, 5.74) is 1.24. The zero-order chi connectivity index (χ0) is 13.7. The molecule has 5 heteroatoms. The number of non-ortho nitro benzene ring substituents is 1. The molecule has 0 bridgehead atoms. The van der Waals surface area contributed by atoms with Crippen LogP contribution in [-0.4, -0.2) is 36.0 Å². The van der Waals surface area contributed by atoms with Gasteiger partial charge in [-0.25, -0.2) is 0 Å². The van der Waals surface area contributed by atoms with E-state index in [1.165, 1.54) is 25.9 Å². The van der Waals surface area contributed by atoms with E-state index in [2.05, 4.69) is 17.1 Å². The number of likely N-dealkylation sites (tertiary alicyclic amines) is 1. The van der Waals surface area contributed by atoms with Crippen LogP contribution in [0.3, 0.4) is 0 Å². The van der Waals surface area contributed by atoms with Crippen molar-refractivity contribution < 1.29 is 4.92 Å². The van der Waals surface area contributed by atoms with Gasteiger partial charge in [0.05, 0.1) is 4.92 Å². The van der Waals surface area contributed by atoms with Crippen molar-refractivity contribution in [2.45, 2.75) is 25.8 Å². The Morgan fingerprint density at radius 2 is 1.95 bits per heavy atom. The standard InChI is InChI=1S/C14H21N3O2/c1-12(15-8-11-16-9-2-3-10-16)13-4-6-14(7-5-13)17(18)19/h4-7,12,15H,2-3,8-11H2,1H3. The Labute approximate surface area is 113 Å². The Morgan fingerprint density at radius 1 is 1.32 bits per heavy atom. The Morgan fingerprint density at radius 3 is 2.53 bits per heavy atom. The lowest BCUT2D eigenvalue weighted by Gasteiger charge is -2.18. The molecule has 0 aromatic heterocycles. The van der Waals surface area contributed by atoms with Crippen LogP contribution in [0.1, 0.15) is 31.4 Å². The summed E-state index contributed by atoms with van der Waals surface area (Å²) >= 11 is 0. The molecule has 1 aromatic carbocycles. The lowest BCUT2D eigenvalue weighted by Crippen LogP contribution is -2.31. The molecule has 5 nitrogen and oxygen atoms in total. The second-order valence-corrected chi connectivity index (χ2v) is 5.07. The summed E-state index contributed by atoms with van der Waals surface area (Å²) in [5.74, 6) is 0. The smallest absolute Gasteiger partial charge is 0.269 e. The SMILES string of the molecule is CC(NCCN1CCCC1)c1ccc([N+](=O)[O-])cc1. The van der Waals surface area contributed by atoms with Crippen LogP contribution in [0.5, 0.6) is 0 Å². The van der Waals surface area contributed by atoms with Crippen LogP contribution in [0.2, 0.25) is 0 Å². The second-order valence-electron chi connectivity index (χ2n) is 5.07. The number of nitro groups is 1. The first-order chi connectivity index (χ1) is 9.16. The van der Waals surface area contributed by atoms with Gasteiger partial charge in [-0.15, -0.1) is 0 Å². The molecule has 1 atom stereocenters. The van der Waals surface area contributed by atoms with E-state index in [-0.39, 0.29) is 16.7 Å². The van der Waals surface area contributed by atoms with Crippen molar-refractivity contribution >= 4 is 5.69 Å². The van der Waals surface area contributed by atoms with Gasteiger partial charge in [0, 0.05) is 31.3 Å². The number of nitro benzene ring substituents is 1. The third kappa shape index (κ3) is 4.01. The average molecular weight is 263 g/mol. The third-order valence-electron chi connectivity index (χ3n) is 3.68. The zero-order valence-corrected chi connectivity index (χ0v) is 11.3. The quantitative estimate of drug-likeness (QED) is 0.632. The third-order valence-corrected chi connectivity index (χ3v) is 3.68. The van der Waals surface area contributed by atoms with Crippen LogP contribution in [0.25, 0.3) is 0 Å². The molecule has 0 saturated carbocycles. The maximum absolute atomic E-state index is 10.6. The largest absolute Gasteiger partial charge is 0.309 e. The summed E-state index contributed by atoms with van der Waals surface area (Å²) in [5, 5.41) is 14.0. The van der Waals surface area contributed by atoms with Crippen LogP contribution in [0.15, 0.2) is 24.3 Å². The fourth-order valence-corrected chi connectivity index (χ4v) is 2.45. The van der Waals surface area contributed by atoms with Gasteiger partial charge in [0.25, 0.3) is 5.69 Å². The molecule has 104 valence electrons. The Kier molecular flexibility index (Phi) is 4.87. The zero-order valence-electron chi connectivity index (χ0n) is 11.3. The number of hydrogen-bond donors (Lipinski definition) is 1. The van der Waals surface area contributed by atoms with E-state index in [0.717, 1.165) is 18.7 Å². The summed E-state index contributed by atoms with van der Waals surface area (Å²) in [4.78, 5) is 12.7. The van der Waals surface area contributed by atoms with Crippen molar-refractivity contribution in [2.75, 3.05) is 26.2 Å². The molecule has 1 fully saturated rings. The van der Waals surface area contributed by atoms with E-state index in [4.69, 9.17) is 0 Å². The Hall–Kier alpha value is -1.46. The van der Waals surface area contributed by atoms with E-state index >= 15 is 0 Å². The molecule has 1 saturated heterocycles. The molecule has 1 heterocycles. The lowest BCUT2D eigenvalue weighted by molar-refractivity contribution is -0.384. The average Bonchev–Trinajstić information content (AvgIpc) is 2.92. The first-order valence-corrected chi connectivity index (χ1v) is 6.87. The van der Waals surface area contributed by atoms with Gasteiger partial charge in [-0.1, -0.05) is 12.1 Å². The van der Waals surface area contributed by atoms with Crippen LogP contribution in [0, 0.1) is 10.1 Å². The van der Waals surface area contributed by atoms with Gasteiger partial charge in [0.15, 0.2) is 0 Å². The number of hydrogen-bond acceptors (Lipinski definition) is 4. The number of rotatable bonds is 6.